The Morgan fingerprint density at radius 3 is 2.66 bits per heavy atom. The number of aromatic nitrogens is 4. The number of pyridine rings is 1. The molecule has 2 aromatic heterocycles. The van der Waals surface area contributed by atoms with E-state index in [1.807, 2.05) is 44.5 Å². The molecule has 2 aliphatic rings. The number of fused-ring (bicyclic) bond motifs is 3. The molecule has 7 heteroatoms. The van der Waals surface area contributed by atoms with Gasteiger partial charge in [-0.05, 0) is 69.7 Å². The van der Waals surface area contributed by atoms with Crippen LogP contribution in [0.5, 0.6) is 5.88 Å². The van der Waals surface area contributed by atoms with E-state index < -0.39 is 5.54 Å². The van der Waals surface area contributed by atoms with E-state index in [1.165, 1.54) is 0 Å². The van der Waals surface area contributed by atoms with Crippen molar-refractivity contribution in [3.63, 3.8) is 0 Å². The second-order valence-corrected chi connectivity index (χ2v) is 8.51. The lowest BCUT2D eigenvalue weighted by Crippen LogP contribution is -2.36. The third-order valence-corrected chi connectivity index (χ3v) is 5.93. The summed E-state index contributed by atoms with van der Waals surface area (Å²) < 4.78 is 23.0. The van der Waals surface area contributed by atoms with E-state index in [0.29, 0.717) is 22.9 Å². The van der Waals surface area contributed by atoms with Gasteiger partial charge < -0.3 is 10.1 Å². The zero-order chi connectivity index (χ0) is 20.5. The largest absolute Gasteiger partial charge is 0.481 e. The topological polar surface area (TPSA) is 64.9 Å². The van der Waals surface area contributed by atoms with E-state index >= 15 is 4.39 Å². The zero-order valence-corrected chi connectivity index (χ0v) is 17.3. The fourth-order valence-corrected chi connectivity index (χ4v) is 4.36. The van der Waals surface area contributed by atoms with Gasteiger partial charge in [-0.3, -0.25) is 4.57 Å². The Kier molecular flexibility index (Phi) is 3.75. The standard InChI is InChI=1S/C22H24FN5O/c1-11-18(15-8-14(13-6-7-13)10-24-20(15)29-5)16(23)9-17-19(11)28-12(2)26-27-21(28)22(3,4)25-17/h8-10,13,25H,6-7H2,1-5H3. The van der Waals surface area contributed by atoms with Crippen LogP contribution in [0.25, 0.3) is 16.8 Å². The van der Waals surface area contributed by atoms with Gasteiger partial charge in [0, 0.05) is 17.3 Å². The second-order valence-electron chi connectivity index (χ2n) is 8.51. The third-order valence-electron chi connectivity index (χ3n) is 5.93. The van der Waals surface area contributed by atoms with Crippen LogP contribution in [0.3, 0.4) is 0 Å². The lowest BCUT2D eigenvalue weighted by Gasteiger charge is -2.35. The number of methoxy groups -OCH3 is 1. The Labute approximate surface area is 169 Å². The highest BCUT2D eigenvalue weighted by atomic mass is 19.1. The van der Waals surface area contributed by atoms with Gasteiger partial charge in [0.1, 0.15) is 11.6 Å². The molecule has 3 aromatic rings. The van der Waals surface area contributed by atoms with Gasteiger partial charge in [0.05, 0.1) is 24.0 Å². The first-order chi connectivity index (χ1) is 13.8. The molecule has 0 saturated heterocycles. The summed E-state index contributed by atoms with van der Waals surface area (Å²) in [6.07, 6.45) is 4.15. The number of ether oxygens (including phenoxy) is 1. The summed E-state index contributed by atoms with van der Waals surface area (Å²) in [7, 11) is 1.57. The molecule has 6 nitrogen and oxygen atoms in total. The lowest BCUT2D eigenvalue weighted by atomic mass is 9.93. The van der Waals surface area contributed by atoms with E-state index in [9.17, 15) is 0 Å². The summed E-state index contributed by atoms with van der Waals surface area (Å²) in [6, 6.07) is 3.59. The summed E-state index contributed by atoms with van der Waals surface area (Å²) in [5.41, 5.74) is 4.28. The van der Waals surface area contributed by atoms with E-state index in [0.717, 1.165) is 47.0 Å². The number of aryl methyl sites for hydroxylation is 1. The molecule has 1 aliphatic carbocycles. The van der Waals surface area contributed by atoms with Crippen molar-refractivity contribution in [2.24, 2.45) is 0 Å². The Balaban J connectivity index is 1.79. The SMILES string of the molecule is COc1ncc(C2CC2)cc1-c1c(F)cc2c(c1C)-n1c(C)nnc1C(C)(C)N2. The molecule has 0 radical (unpaired) electrons. The fourth-order valence-electron chi connectivity index (χ4n) is 4.36. The van der Waals surface area contributed by atoms with E-state index in [1.54, 1.807) is 13.2 Å². The van der Waals surface area contributed by atoms with Gasteiger partial charge in [0.15, 0.2) is 5.82 Å². The highest BCUT2D eigenvalue weighted by molar-refractivity contribution is 5.82. The number of nitrogens with one attached hydrogen (secondary N) is 1. The van der Waals surface area contributed by atoms with Gasteiger partial charge in [-0.1, -0.05) is 0 Å². The average Bonchev–Trinajstić information content (AvgIpc) is 3.44. The average molecular weight is 393 g/mol. The van der Waals surface area contributed by atoms with Crippen LogP contribution >= 0.6 is 0 Å². The Bertz CT molecular complexity index is 1150. The highest BCUT2D eigenvalue weighted by Gasteiger charge is 2.36. The summed E-state index contributed by atoms with van der Waals surface area (Å²) in [5.74, 6) is 2.23. The van der Waals surface area contributed by atoms with Crippen LogP contribution in [0.2, 0.25) is 0 Å². The summed E-state index contributed by atoms with van der Waals surface area (Å²) in [4.78, 5) is 4.47. The maximum absolute atomic E-state index is 15.5. The number of benzene rings is 1. The maximum Gasteiger partial charge on any atom is 0.221 e. The molecule has 1 aliphatic heterocycles. The van der Waals surface area contributed by atoms with Gasteiger partial charge >= 0.3 is 0 Å². The summed E-state index contributed by atoms with van der Waals surface area (Å²) in [5, 5.41) is 12.1. The normalized spacial score (nSPS) is 16.8. The minimum Gasteiger partial charge on any atom is -0.481 e. The maximum atomic E-state index is 15.5. The van der Waals surface area contributed by atoms with Crippen molar-refractivity contribution in [3.8, 4) is 22.7 Å². The smallest absolute Gasteiger partial charge is 0.221 e. The molecule has 150 valence electrons. The second kappa shape index (κ2) is 6.02. The van der Waals surface area contributed by atoms with Gasteiger partial charge in [0.25, 0.3) is 0 Å². The van der Waals surface area contributed by atoms with Crippen molar-refractivity contribution in [2.75, 3.05) is 12.4 Å². The van der Waals surface area contributed by atoms with Crippen molar-refractivity contribution in [1.82, 2.24) is 19.7 Å². The van der Waals surface area contributed by atoms with E-state index in [-0.39, 0.29) is 5.82 Å². The quantitative estimate of drug-likeness (QED) is 0.703. The van der Waals surface area contributed by atoms with Crippen molar-refractivity contribution < 1.29 is 9.13 Å². The predicted molar refractivity (Wildman–Crippen MR) is 109 cm³/mol. The van der Waals surface area contributed by atoms with Crippen molar-refractivity contribution in [1.29, 1.82) is 0 Å². The molecule has 0 bridgehead atoms. The summed E-state index contributed by atoms with van der Waals surface area (Å²) >= 11 is 0. The molecule has 29 heavy (non-hydrogen) atoms. The molecule has 5 rings (SSSR count). The van der Waals surface area contributed by atoms with Crippen LogP contribution in [0, 0.1) is 19.7 Å². The van der Waals surface area contributed by atoms with Crippen molar-refractivity contribution in [2.45, 2.75) is 52.0 Å². The molecule has 1 fully saturated rings. The van der Waals surface area contributed by atoms with Gasteiger partial charge in [-0.2, -0.15) is 0 Å². The molecule has 0 amide bonds. The van der Waals surface area contributed by atoms with Crippen molar-refractivity contribution >= 4 is 5.69 Å². The van der Waals surface area contributed by atoms with Crippen molar-refractivity contribution in [3.05, 3.63) is 46.9 Å². The number of anilines is 1. The van der Waals surface area contributed by atoms with Gasteiger partial charge in [0.2, 0.25) is 5.88 Å². The third kappa shape index (κ3) is 2.63. The number of nitrogens with zero attached hydrogens (tertiary/aromatic N) is 4. The molecule has 0 spiro atoms. The fraction of sp³-hybridized carbons (Fsp3) is 0.409. The Morgan fingerprint density at radius 2 is 1.97 bits per heavy atom. The van der Waals surface area contributed by atoms with Gasteiger partial charge in [-0.15, -0.1) is 10.2 Å². The minimum atomic E-state index is -0.459. The molecule has 3 heterocycles. The van der Waals surface area contributed by atoms with E-state index in [4.69, 9.17) is 4.74 Å². The molecule has 0 atom stereocenters. The van der Waals surface area contributed by atoms with Crippen LogP contribution in [0.15, 0.2) is 18.3 Å². The Hall–Kier alpha value is -2.96. The van der Waals surface area contributed by atoms with Crippen LogP contribution in [-0.2, 0) is 5.54 Å². The number of halogens is 1. The molecule has 1 aromatic carbocycles. The zero-order valence-electron chi connectivity index (χ0n) is 17.3. The first-order valence-electron chi connectivity index (χ1n) is 9.90. The minimum absolute atomic E-state index is 0.299. The van der Waals surface area contributed by atoms with Crippen LogP contribution in [0.4, 0.5) is 10.1 Å². The molecule has 0 unspecified atom stereocenters. The lowest BCUT2D eigenvalue weighted by molar-refractivity contribution is 0.399. The molecular formula is C22H24FN5O. The number of hydrogen-bond acceptors (Lipinski definition) is 5. The molecule has 1 N–H and O–H groups in total. The Morgan fingerprint density at radius 1 is 1.21 bits per heavy atom. The highest BCUT2D eigenvalue weighted by Crippen LogP contribution is 2.46. The number of rotatable bonds is 3. The molecule has 1 saturated carbocycles. The first kappa shape index (κ1) is 18.1. The summed E-state index contributed by atoms with van der Waals surface area (Å²) in [6.45, 7) is 7.88. The van der Waals surface area contributed by atoms with Crippen LogP contribution in [-0.4, -0.2) is 26.9 Å². The first-order valence-corrected chi connectivity index (χ1v) is 9.90. The van der Waals surface area contributed by atoms with Crippen LogP contribution < -0.4 is 10.1 Å². The predicted octanol–water partition coefficient (Wildman–Crippen LogP) is 4.63. The molecular weight excluding hydrogens is 369 g/mol. The van der Waals surface area contributed by atoms with Gasteiger partial charge in [-0.25, -0.2) is 9.37 Å². The monoisotopic (exact) mass is 393 g/mol. The van der Waals surface area contributed by atoms with Crippen LogP contribution in [0.1, 0.15) is 55.4 Å². The van der Waals surface area contributed by atoms with E-state index in [2.05, 4.69) is 20.5 Å². The number of hydrogen-bond donors (Lipinski definition) is 1.